The van der Waals surface area contributed by atoms with Gasteiger partial charge in [-0.2, -0.15) is 4.31 Å². The van der Waals surface area contributed by atoms with Crippen LogP contribution < -0.4 is 4.90 Å². The standard InChI is InChI=1S/C15H15FN3O2S/c1-2-22(20,21)19-9-7-18(8-10-19)15-5-6-17-14-4-3-12(16)11-13(14)15/h2-4,6,11H,1,7-10H2. The van der Waals surface area contributed by atoms with Gasteiger partial charge in [0, 0.05) is 49.2 Å². The van der Waals surface area contributed by atoms with Gasteiger partial charge in [0.1, 0.15) is 5.82 Å². The molecule has 0 aliphatic carbocycles. The fourth-order valence-electron chi connectivity index (χ4n) is 2.58. The maximum atomic E-state index is 13.5. The van der Waals surface area contributed by atoms with Crippen LogP contribution in [0.1, 0.15) is 0 Å². The molecular weight excluding hydrogens is 305 g/mol. The van der Waals surface area contributed by atoms with Crippen molar-refractivity contribution in [1.29, 1.82) is 0 Å². The third-order valence-corrected chi connectivity index (χ3v) is 5.25. The molecule has 1 aromatic carbocycles. The van der Waals surface area contributed by atoms with Crippen LogP contribution in [0.5, 0.6) is 0 Å². The molecule has 5 nitrogen and oxygen atoms in total. The number of piperazine rings is 1. The van der Waals surface area contributed by atoms with Crippen molar-refractivity contribution in [3.63, 3.8) is 0 Å². The van der Waals surface area contributed by atoms with E-state index in [2.05, 4.69) is 17.6 Å². The van der Waals surface area contributed by atoms with Crippen molar-refractivity contribution in [3.05, 3.63) is 48.3 Å². The second-order valence-corrected chi connectivity index (χ2v) is 6.89. The van der Waals surface area contributed by atoms with E-state index in [1.807, 2.05) is 4.90 Å². The van der Waals surface area contributed by atoms with Crippen molar-refractivity contribution in [2.45, 2.75) is 0 Å². The number of sulfonamides is 1. The first-order chi connectivity index (χ1) is 10.5. The monoisotopic (exact) mass is 320 g/mol. The minimum Gasteiger partial charge on any atom is -0.368 e. The summed E-state index contributed by atoms with van der Waals surface area (Å²) in [5, 5.41) is 1.65. The summed E-state index contributed by atoms with van der Waals surface area (Å²) in [6.07, 6.45) is 1.56. The van der Waals surface area contributed by atoms with Crippen LogP contribution in [0.2, 0.25) is 0 Å². The highest BCUT2D eigenvalue weighted by molar-refractivity contribution is 7.92. The highest BCUT2D eigenvalue weighted by atomic mass is 32.2. The Morgan fingerprint density at radius 2 is 2.00 bits per heavy atom. The van der Waals surface area contributed by atoms with Gasteiger partial charge < -0.3 is 4.90 Å². The van der Waals surface area contributed by atoms with E-state index in [-0.39, 0.29) is 5.82 Å². The zero-order valence-electron chi connectivity index (χ0n) is 11.9. The van der Waals surface area contributed by atoms with Gasteiger partial charge in [-0.05, 0) is 18.2 Å². The fraction of sp³-hybridized carbons (Fsp3) is 0.267. The minimum atomic E-state index is -3.39. The predicted molar refractivity (Wildman–Crippen MR) is 83.4 cm³/mol. The molecule has 0 atom stereocenters. The van der Waals surface area contributed by atoms with E-state index in [1.54, 1.807) is 12.3 Å². The first kappa shape index (κ1) is 14.9. The molecule has 0 N–H and O–H groups in total. The summed E-state index contributed by atoms with van der Waals surface area (Å²) in [6, 6.07) is 7.46. The van der Waals surface area contributed by atoms with Crippen molar-refractivity contribution in [2.75, 3.05) is 31.1 Å². The third kappa shape index (κ3) is 2.69. The van der Waals surface area contributed by atoms with E-state index in [0.717, 1.165) is 11.1 Å². The van der Waals surface area contributed by atoms with Crippen LogP contribution in [0.15, 0.2) is 36.4 Å². The summed E-state index contributed by atoms with van der Waals surface area (Å²) >= 11 is 0. The van der Waals surface area contributed by atoms with Gasteiger partial charge in [-0.15, -0.1) is 0 Å². The molecule has 1 radical (unpaired) electrons. The van der Waals surface area contributed by atoms with E-state index < -0.39 is 10.0 Å². The van der Waals surface area contributed by atoms with Gasteiger partial charge in [0.2, 0.25) is 10.0 Å². The van der Waals surface area contributed by atoms with Crippen LogP contribution in [0.25, 0.3) is 10.9 Å². The Balaban J connectivity index is 1.88. The van der Waals surface area contributed by atoms with Gasteiger partial charge >= 0.3 is 0 Å². The van der Waals surface area contributed by atoms with Crippen LogP contribution in [0, 0.1) is 11.9 Å². The molecule has 7 heteroatoms. The van der Waals surface area contributed by atoms with E-state index in [4.69, 9.17) is 0 Å². The van der Waals surface area contributed by atoms with Crippen LogP contribution in [0.3, 0.4) is 0 Å². The zero-order chi connectivity index (χ0) is 15.7. The van der Waals surface area contributed by atoms with Crippen molar-refractivity contribution >= 4 is 26.6 Å². The summed E-state index contributed by atoms with van der Waals surface area (Å²) in [4.78, 5) is 6.18. The van der Waals surface area contributed by atoms with Gasteiger partial charge in [0.25, 0.3) is 0 Å². The molecule has 22 heavy (non-hydrogen) atoms. The Labute approximate surface area is 128 Å². The molecule has 1 fully saturated rings. The predicted octanol–water partition coefficient (Wildman–Crippen LogP) is 1.77. The van der Waals surface area contributed by atoms with Gasteiger partial charge in [-0.3, -0.25) is 4.98 Å². The number of hydrogen-bond acceptors (Lipinski definition) is 4. The van der Waals surface area contributed by atoms with Crippen LogP contribution in [0.4, 0.5) is 10.1 Å². The fourth-order valence-corrected chi connectivity index (χ4v) is 3.47. The molecule has 0 saturated carbocycles. The number of nitrogens with zero attached hydrogens (tertiary/aromatic N) is 3. The van der Waals surface area contributed by atoms with Crippen molar-refractivity contribution in [1.82, 2.24) is 9.29 Å². The maximum absolute atomic E-state index is 13.5. The molecule has 0 amide bonds. The summed E-state index contributed by atoms with van der Waals surface area (Å²) in [5.41, 5.74) is 1.44. The number of pyridine rings is 1. The van der Waals surface area contributed by atoms with Gasteiger partial charge in [-0.1, -0.05) is 6.58 Å². The summed E-state index contributed by atoms with van der Waals surface area (Å²) in [5.74, 6) is -0.331. The molecule has 115 valence electrons. The lowest BCUT2D eigenvalue weighted by molar-refractivity contribution is 0.390. The number of hydrogen-bond donors (Lipinski definition) is 0. The first-order valence-electron chi connectivity index (χ1n) is 6.85. The topological polar surface area (TPSA) is 53.5 Å². The lowest BCUT2D eigenvalue weighted by Crippen LogP contribution is -2.48. The second kappa shape index (κ2) is 5.66. The number of aromatic nitrogens is 1. The molecule has 0 unspecified atom stereocenters. The quantitative estimate of drug-likeness (QED) is 0.865. The number of anilines is 1. The van der Waals surface area contributed by atoms with Crippen LogP contribution in [-0.4, -0.2) is 43.9 Å². The smallest absolute Gasteiger partial charge is 0.235 e. The Morgan fingerprint density at radius 3 is 2.68 bits per heavy atom. The molecule has 1 aliphatic rings. The molecule has 2 aromatic rings. The van der Waals surface area contributed by atoms with Crippen LogP contribution in [-0.2, 0) is 10.0 Å². The summed E-state index contributed by atoms with van der Waals surface area (Å²) in [6.45, 7) is 5.09. The zero-order valence-corrected chi connectivity index (χ0v) is 12.7. The average Bonchev–Trinajstić information content (AvgIpc) is 2.54. The summed E-state index contributed by atoms with van der Waals surface area (Å²) in [7, 11) is -3.39. The molecular formula is C15H15FN3O2S. The number of benzene rings is 1. The van der Waals surface area contributed by atoms with Crippen LogP contribution >= 0.6 is 0 Å². The Bertz CT molecular complexity index is 815. The maximum Gasteiger partial charge on any atom is 0.235 e. The van der Waals surface area contributed by atoms with E-state index >= 15 is 0 Å². The highest BCUT2D eigenvalue weighted by Gasteiger charge is 2.25. The number of halogens is 1. The molecule has 2 heterocycles. The van der Waals surface area contributed by atoms with Crippen molar-refractivity contribution in [2.24, 2.45) is 0 Å². The molecule has 1 aromatic heterocycles. The molecule has 3 rings (SSSR count). The first-order valence-corrected chi connectivity index (χ1v) is 8.35. The number of fused-ring (bicyclic) bond motifs is 1. The van der Waals surface area contributed by atoms with E-state index in [1.165, 1.54) is 16.4 Å². The molecule has 0 spiro atoms. The highest BCUT2D eigenvalue weighted by Crippen LogP contribution is 2.26. The van der Waals surface area contributed by atoms with Gasteiger partial charge in [0.15, 0.2) is 0 Å². The van der Waals surface area contributed by atoms with Gasteiger partial charge in [0.05, 0.1) is 11.2 Å². The third-order valence-electron chi connectivity index (χ3n) is 3.74. The molecule has 1 aliphatic heterocycles. The summed E-state index contributed by atoms with van der Waals surface area (Å²) < 4.78 is 38.4. The van der Waals surface area contributed by atoms with Crippen molar-refractivity contribution < 1.29 is 12.8 Å². The minimum absolute atomic E-state index is 0.331. The Morgan fingerprint density at radius 1 is 1.27 bits per heavy atom. The Kier molecular flexibility index (Phi) is 3.84. The van der Waals surface area contributed by atoms with Crippen molar-refractivity contribution in [3.8, 4) is 0 Å². The normalized spacial score (nSPS) is 16.9. The molecule has 0 bridgehead atoms. The lowest BCUT2D eigenvalue weighted by atomic mass is 10.1. The Hall–Kier alpha value is -1.99. The number of rotatable bonds is 3. The average molecular weight is 320 g/mol. The van der Waals surface area contributed by atoms with Gasteiger partial charge in [-0.25, -0.2) is 12.8 Å². The largest absolute Gasteiger partial charge is 0.368 e. The molecule has 1 saturated heterocycles. The van der Waals surface area contributed by atoms with E-state index in [0.29, 0.717) is 37.1 Å². The second-order valence-electron chi connectivity index (χ2n) is 5.01. The van der Waals surface area contributed by atoms with E-state index in [9.17, 15) is 12.8 Å². The SMILES string of the molecule is C=CS(=O)(=O)N1CCN(c2[c]cnc3ccc(F)cc23)CC1. The lowest BCUT2D eigenvalue weighted by Gasteiger charge is -2.35.